The molecule has 1 aromatic rings. The van der Waals surface area contributed by atoms with Gasteiger partial charge in [0.15, 0.2) is 0 Å². The molecule has 0 N–H and O–H groups in total. The average molecular weight is 223 g/mol. The molecule has 5 nitrogen and oxygen atoms in total. The zero-order valence-corrected chi connectivity index (χ0v) is 8.98. The highest BCUT2D eigenvalue weighted by Gasteiger charge is 2.19. The third-order valence-corrected chi connectivity index (χ3v) is 2.13. The largest absolute Gasteiger partial charge is 0.465 e. The van der Waals surface area contributed by atoms with Gasteiger partial charge in [0, 0.05) is 5.56 Å². The monoisotopic (exact) mass is 223 g/mol. The molecule has 0 saturated heterocycles. The fraction of sp³-hybridized carbons (Fsp3) is 0.273. The highest BCUT2D eigenvalue weighted by Crippen LogP contribution is 2.17. The molecule has 0 spiro atoms. The van der Waals surface area contributed by atoms with Crippen molar-refractivity contribution < 1.29 is 24.2 Å². The maximum Gasteiger partial charge on any atom is 0.338 e. The third-order valence-electron chi connectivity index (χ3n) is 2.13. The van der Waals surface area contributed by atoms with E-state index in [1.165, 1.54) is 32.4 Å². The van der Waals surface area contributed by atoms with E-state index in [2.05, 4.69) is 9.47 Å². The van der Waals surface area contributed by atoms with Gasteiger partial charge in [-0.1, -0.05) is 6.07 Å². The van der Waals surface area contributed by atoms with Gasteiger partial charge in [-0.15, -0.1) is 0 Å². The van der Waals surface area contributed by atoms with E-state index in [0.717, 1.165) is 0 Å². The quantitative estimate of drug-likeness (QED) is 0.721. The van der Waals surface area contributed by atoms with E-state index < -0.39 is 18.5 Å². The Bertz CT molecular complexity index is 377. The molecule has 16 heavy (non-hydrogen) atoms. The summed E-state index contributed by atoms with van der Waals surface area (Å²) >= 11 is 0. The zero-order chi connectivity index (χ0) is 12.1. The number of rotatable bonds is 3. The summed E-state index contributed by atoms with van der Waals surface area (Å²) in [6.07, 6.45) is 0. The van der Waals surface area contributed by atoms with E-state index >= 15 is 0 Å². The lowest BCUT2D eigenvalue weighted by atomic mass is 10.0. The van der Waals surface area contributed by atoms with Gasteiger partial charge in [-0.2, -0.15) is 0 Å². The second-order valence-electron chi connectivity index (χ2n) is 2.96. The van der Waals surface area contributed by atoms with Crippen LogP contribution in [0.5, 0.6) is 0 Å². The highest BCUT2D eigenvalue weighted by atomic mass is 16.5. The minimum Gasteiger partial charge on any atom is -0.465 e. The molecule has 0 aliphatic rings. The molecule has 0 unspecified atom stereocenters. The SMILES string of the molecule is COC(=O)c1cccc(C(=O)OC)c1C[O]. The molecule has 0 aliphatic carbocycles. The van der Waals surface area contributed by atoms with Crippen molar-refractivity contribution in [1.82, 2.24) is 0 Å². The second-order valence-corrected chi connectivity index (χ2v) is 2.96. The van der Waals surface area contributed by atoms with E-state index in [4.69, 9.17) is 0 Å². The maximum absolute atomic E-state index is 11.3. The molecule has 0 fully saturated rings. The topological polar surface area (TPSA) is 72.5 Å². The molecule has 0 saturated carbocycles. The van der Waals surface area contributed by atoms with Crippen LogP contribution in [-0.4, -0.2) is 26.2 Å². The number of esters is 2. The summed E-state index contributed by atoms with van der Waals surface area (Å²) in [5.41, 5.74) is 0.294. The predicted molar refractivity (Wildman–Crippen MR) is 53.5 cm³/mol. The van der Waals surface area contributed by atoms with Gasteiger partial charge < -0.3 is 9.47 Å². The lowest BCUT2D eigenvalue weighted by molar-refractivity contribution is 0.0587. The lowest BCUT2D eigenvalue weighted by Crippen LogP contribution is -2.12. The van der Waals surface area contributed by atoms with Crippen LogP contribution in [-0.2, 0) is 21.2 Å². The molecule has 5 heteroatoms. The van der Waals surface area contributed by atoms with Crippen LogP contribution < -0.4 is 0 Å². The first kappa shape index (κ1) is 12.2. The maximum atomic E-state index is 11.3. The Morgan fingerprint density at radius 2 is 1.50 bits per heavy atom. The van der Waals surface area contributed by atoms with Crippen molar-refractivity contribution in [2.24, 2.45) is 0 Å². The summed E-state index contributed by atoms with van der Waals surface area (Å²) in [6.45, 7) is -0.685. The first-order valence-electron chi connectivity index (χ1n) is 4.52. The van der Waals surface area contributed by atoms with Gasteiger partial charge in [-0.25, -0.2) is 14.7 Å². The fourth-order valence-corrected chi connectivity index (χ4v) is 1.34. The second kappa shape index (κ2) is 5.27. The van der Waals surface area contributed by atoms with Gasteiger partial charge in [0.25, 0.3) is 0 Å². The summed E-state index contributed by atoms with van der Waals surface area (Å²) in [7, 11) is 2.42. The van der Waals surface area contributed by atoms with Crippen molar-refractivity contribution in [2.45, 2.75) is 6.61 Å². The van der Waals surface area contributed by atoms with Gasteiger partial charge >= 0.3 is 11.9 Å². The van der Waals surface area contributed by atoms with Crippen LogP contribution >= 0.6 is 0 Å². The van der Waals surface area contributed by atoms with E-state index in [1.54, 1.807) is 0 Å². The van der Waals surface area contributed by atoms with Gasteiger partial charge in [0.05, 0.1) is 25.3 Å². The Morgan fingerprint density at radius 1 is 1.06 bits per heavy atom. The Balaban J connectivity index is 3.31. The first-order chi connectivity index (χ1) is 7.65. The van der Waals surface area contributed by atoms with Crippen LogP contribution in [0.1, 0.15) is 26.3 Å². The molecule has 0 heterocycles. The average Bonchev–Trinajstić information content (AvgIpc) is 2.35. The van der Waals surface area contributed by atoms with Crippen LogP contribution in [0.2, 0.25) is 0 Å². The van der Waals surface area contributed by atoms with Gasteiger partial charge in [0.2, 0.25) is 0 Å². The summed E-state index contributed by atoms with van der Waals surface area (Å²) in [5, 5.41) is 11.0. The van der Waals surface area contributed by atoms with Crippen LogP contribution in [0.15, 0.2) is 18.2 Å². The smallest absolute Gasteiger partial charge is 0.338 e. The van der Waals surface area contributed by atoms with Crippen LogP contribution in [0, 0.1) is 0 Å². The molecule has 0 amide bonds. The van der Waals surface area contributed by atoms with Crippen molar-refractivity contribution in [3.05, 3.63) is 34.9 Å². The molecule has 0 atom stereocenters. The Hall–Kier alpha value is -1.88. The number of benzene rings is 1. The molecule has 1 radical (unpaired) electrons. The van der Waals surface area contributed by atoms with Crippen LogP contribution in [0.25, 0.3) is 0 Å². The number of hydrogen-bond acceptors (Lipinski definition) is 4. The molecule has 0 aromatic heterocycles. The van der Waals surface area contributed by atoms with Crippen LogP contribution in [0.3, 0.4) is 0 Å². The predicted octanol–water partition coefficient (Wildman–Crippen LogP) is 1.19. The highest BCUT2D eigenvalue weighted by molar-refractivity contribution is 5.97. The Kier molecular flexibility index (Phi) is 4.02. The van der Waals surface area contributed by atoms with Crippen LogP contribution in [0.4, 0.5) is 0 Å². The van der Waals surface area contributed by atoms with Gasteiger partial charge in [-0.05, 0) is 12.1 Å². The van der Waals surface area contributed by atoms with E-state index in [-0.39, 0.29) is 16.7 Å². The number of carbonyl (C=O) groups excluding carboxylic acids is 2. The minimum absolute atomic E-state index is 0.0976. The molecular formula is C11H11O5. The van der Waals surface area contributed by atoms with Crippen molar-refractivity contribution in [3.63, 3.8) is 0 Å². The summed E-state index contributed by atoms with van der Waals surface area (Å²) in [4.78, 5) is 22.7. The van der Waals surface area contributed by atoms with Crippen molar-refractivity contribution in [1.29, 1.82) is 0 Å². The van der Waals surface area contributed by atoms with Crippen molar-refractivity contribution in [2.75, 3.05) is 14.2 Å². The third kappa shape index (κ3) is 2.20. The van der Waals surface area contributed by atoms with Crippen molar-refractivity contribution in [3.8, 4) is 0 Å². The number of methoxy groups -OCH3 is 2. The minimum atomic E-state index is -0.685. The number of carbonyl (C=O) groups is 2. The van der Waals surface area contributed by atoms with Gasteiger partial charge in [0.1, 0.15) is 6.61 Å². The zero-order valence-electron chi connectivity index (χ0n) is 8.98. The molecule has 1 rings (SSSR count). The normalized spacial score (nSPS) is 9.69. The van der Waals surface area contributed by atoms with E-state index in [9.17, 15) is 14.7 Å². The lowest BCUT2D eigenvalue weighted by Gasteiger charge is -2.08. The summed E-state index contributed by atoms with van der Waals surface area (Å²) in [5.74, 6) is -1.28. The molecular weight excluding hydrogens is 212 g/mol. The first-order valence-corrected chi connectivity index (χ1v) is 4.52. The van der Waals surface area contributed by atoms with E-state index in [1.807, 2.05) is 0 Å². The fourth-order valence-electron chi connectivity index (χ4n) is 1.34. The number of ether oxygens (including phenoxy) is 2. The van der Waals surface area contributed by atoms with Crippen molar-refractivity contribution >= 4 is 11.9 Å². The number of hydrogen-bond donors (Lipinski definition) is 0. The standard InChI is InChI=1S/C11H11O5/c1-15-10(13)7-4-3-5-8(9(7)6-12)11(14)16-2/h3-5H,6H2,1-2H3. The molecule has 0 aliphatic heterocycles. The summed E-state index contributed by atoms with van der Waals surface area (Å²) in [6, 6.07) is 4.37. The molecule has 1 aromatic carbocycles. The Labute approximate surface area is 92.6 Å². The van der Waals surface area contributed by atoms with E-state index in [0.29, 0.717) is 0 Å². The molecule has 85 valence electrons. The summed E-state index contributed by atoms with van der Waals surface area (Å²) < 4.78 is 9.03. The Morgan fingerprint density at radius 3 is 1.81 bits per heavy atom. The van der Waals surface area contributed by atoms with Gasteiger partial charge in [-0.3, -0.25) is 0 Å². The molecule has 0 bridgehead atoms.